The van der Waals surface area contributed by atoms with Crippen LogP contribution < -0.4 is 5.32 Å². The van der Waals surface area contributed by atoms with E-state index in [1.54, 1.807) is 0 Å². The summed E-state index contributed by atoms with van der Waals surface area (Å²) >= 11 is 0. The van der Waals surface area contributed by atoms with Crippen LogP contribution in [0.15, 0.2) is 30.9 Å². The molecule has 0 unspecified atom stereocenters. The molecule has 0 fully saturated rings. The summed E-state index contributed by atoms with van der Waals surface area (Å²) in [7, 11) is 0. The highest BCUT2D eigenvalue weighted by Crippen LogP contribution is 2.09. The van der Waals surface area contributed by atoms with Gasteiger partial charge in [-0.05, 0) is 24.6 Å². The van der Waals surface area contributed by atoms with Gasteiger partial charge in [-0.25, -0.2) is 13.6 Å². The Morgan fingerprint density at radius 1 is 1.39 bits per heavy atom. The monoisotopic (exact) mass is 255 g/mol. The second-order valence-corrected chi connectivity index (χ2v) is 3.52. The number of halogens is 2. The average molecular weight is 255 g/mol. The quantitative estimate of drug-likeness (QED) is 0.787. The minimum atomic E-state index is -1.23. The van der Waals surface area contributed by atoms with E-state index in [4.69, 9.17) is 5.11 Å². The number of rotatable bonds is 5. The second-order valence-electron chi connectivity index (χ2n) is 3.52. The van der Waals surface area contributed by atoms with Gasteiger partial charge in [-0.1, -0.05) is 6.08 Å². The fourth-order valence-electron chi connectivity index (χ4n) is 1.27. The van der Waals surface area contributed by atoms with Crippen molar-refractivity contribution < 1.29 is 23.5 Å². The van der Waals surface area contributed by atoms with Crippen molar-refractivity contribution in [3.05, 3.63) is 48.1 Å². The molecular weight excluding hydrogens is 244 g/mol. The first-order valence-electron chi connectivity index (χ1n) is 5.05. The van der Waals surface area contributed by atoms with E-state index in [0.29, 0.717) is 6.07 Å². The molecule has 0 saturated carbocycles. The number of carbonyl (C=O) groups excluding carboxylic acids is 1. The molecule has 0 radical (unpaired) electrons. The Labute approximate surface area is 102 Å². The average Bonchev–Trinajstić information content (AvgIpc) is 2.31. The Kier molecular flexibility index (Phi) is 4.53. The molecule has 96 valence electrons. The van der Waals surface area contributed by atoms with Crippen molar-refractivity contribution in [3.8, 4) is 0 Å². The van der Waals surface area contributed by atoms with Gasteiger partial charge in [0.2, 0.25) is 0 Å². The number of benzene rings is 1. The number of aliphatic carboxylic acids is 1. The van der Waals surface area contributed by atoms with Gasteiger partial charge in [0.15, 0.2) is 11.6 Å². The number of carboxylic acid groups (broad SMARTS) is 1. The molecule has 0 bridgehead atoms. The Morgan fingerprint density at radius 2 is 2.06 bits per heavy atom. The second kappa shape index (κ2) is 5.90. The van der Waals surface area contributed by atoms with Crippen LogP contribution in [0.1, 0.15) is 16.8 Å². The summed E-state index contributed by atoms with van der Waals surface area (Å²) in [5.74, 6) is -4.26. The maximum Gasteiger partial charge on any atom is 0.326 e. The van der Waals surface area contributed by atoms with Gasteiger partial charge in [-0.3, -0.25) is 4.79 Å². The van der Waals surface area contributed by atoms with E-state index in [1.165, 1.54) is 6.08 Å². The molecule has 0 aliphatic rings. The number of hydrogen-bond acceptors (Lipinski definition) is 2. The van der Waals surface area contributed by atoms with E-state index < -0.39 is 29.6 Å². The summed E-state index contributed by atoms with van der Waals surface area (Å²) in [5.41, 5.74) is -0.149. The third-order valence-electron chi connectivity index (χ3n) is 2.19. The van der Waals surface area contributed by atoms with Crippen LogP contribution in [0.4, 0.5) is 8.78 Å². The summed E-state index contributed by atoms with van der Waals surface area (Å²) in [6.45, 7) is 3.36. The third kappa shape index (κ3) is 3.38. The lowest BCUT2D eigenvalue weighted by Crippen LogP contribution is -2.40. The van der Waals surface area contributed by atoms with Crippen LogP contribution in [-0.2, 0) is 4.79 Å². The first kappa shape index (κ1) is 13.8. The zero-order valence-electron chi connectivity index (χ0n) is 9.32. The largest absolute Gasteiger partial charge is 0.480 e. The van der Waals surface area contributed by atoms with Crippen molar-refractivity contribution in [2.24, 2.45) is 0 Å². The predicted octanol–water partition coefficient (Wildman–Crippen LogP) is 1.72. The summed E-state index contributed by atoms with van der Waals surface area (Å²) in [4.78, 5) is 22.4. The van der Waals surface area contributed by atoms with Crippen LogP contribution in [0.2, 0.25) is 0 Å². The van der Waals surface area contributed by atoms with Gasteiger partial charge >= 0.3 is 5.97 Å². The van der Waals surface area contributed by atoms with Crippen molar-refractivity contribution in [1.82, 2.24) is 5.32 Å². The zero-order chi connectivity index (χ0) is 13.7. The van der Waals surface area contributed by atoms with Crippen molar-refractivity contribution in [1.29, 1.82) is 0 Å². The topological polar surface area (TPSA) is 66.4 Å². The lowest BCUT2D eigenvalue weighted by Gasteiger charge is -2.12. The molecule has 2 N–H and O–H groups in total. The minimum absolute atomic E-state index is 0.0325. The molecule has 0 saturated heterocycles. The molecule has 0 aliphatic carbocycles. The van der Waals surface area contributed by atoms with Crippen LogP contribution in [-0.4, -0.2) is 23.0 Å². The van der Waals surface area contributed by atoms with E-state index >= 15 is 0 Å². The molecule has 1 rings (SSSR count). The number of nitrogens with one attached hydrogen (secondary N) is 1. The predicted molar refractivity (Wildman–Crippen MR) is 60.1 cm³/mol. The molecular formula is C12H11F2NO3. The van der Waals surface area contributed by atoms with Gasteiger partial charge < -0.3 is 10.4 Å². The standard InChI is InChI=1S/C12H11F2NO3/c1-2-3-10(12(17)18)15-11(16)7-4-5-8(13)9(14)6-7/h2,4-6,10H,1,3H2,(H,15,16)(H,17,18)/t10-/m0/s1. The SMILES string of the molecule is C=CC[C@H](NC(=O)c1ccc(F)c(F)c1)C(=O)O. The Morgan fingerprint density at radius 3 is 2.56 bits per heavy atom. The van der Waals surface area contributed by atoms with Gasteiger partial charge in [-0.2, -0.15) is 0 Å². The summed E-state index contributed by atoms with van der Waals surface area (Å²) in [5, 5.41) is 11.0. The van der Waals surface area contributed by atoms with E-state index in [9.17, 15) is 18.4 Å². The Hall–Kier alpha value is -2.24. The van der Waals surface area contributed by atoms with E-state index in [0.717, 1.165) is 12.1 Å². The molecule has 1 atom stereocenters. The smallest absolute Gasteiger partial charge is 0.326 e. The highest BCUT2D eigenvalue weighted by molar-refractivity contribution is 5.96. The third-order valence-corrected chi connectivity index (χ3v) is 2.19. The number of hydrogen-bond donors (Lipinski definition) is 2. The molecule has 0 heterocycles. The first-order chi connectivity index (χ1) is 8.45. The minimum Gasteiger partial charge on any atom is -0.480 e. The summed E-state index contributed by atoms with van der Waals surface area (Å²) in [6, 6.07) is 1.43. The van der Waals surface area contributed by atoms with Crippen LogP contribution in [0.3, 0.4) is 0 Å². The normalized spacial score (nSPS) is 11.7. The number of carbonyl (C=O) groups is 2. The summed E-state index contributed by atoms with van der Waals surface area (Å²) < 4.78 is 25.6. The van der Waals surface area contributed by atoms with Crippen LogP contribution in [0.25, 0.3) is 0 Å². The Bertz CT molecular complexity index is 488. The Balaban J connectivity index is 2.83. The highest BCUT2D eigenvalue weighted by atomic mass is 19.2. The lowest BCUT2D eigenvalue weighted by atomic mass is 10.1. The molecule has 0 aliphatic heterocycles. The number of carboxylic acids is 1. The zero-order valence-corrected chi connectivity index (χ0v) is 9.32. The molecule has 0 spiro atoms. The highest BCUT2D eigenvalue weighted by Gasteiger charge is 2.19. The van der Waals surface area contributed by atoms with E-state index in [1.807, 2.05) is 0 Å². The maximum absolute atomic E-state index is 12.9. The van der Waals surface area contributed by atoms with Gasteiger partial charge in [0.1, 0.15) is 6.04 Å². The molecule has 18 heavy (non-hydrogen) atoms. The maximum atomic E-state index is 12.9. The van der Waals surface area contributed by atoms with Crippen molar-refractivity contribution in [2.45, 2.75) is 12.5 Å². The van der Waals surface area contributed by atoms with E-state index in [-0.39, 0.29) is 12.0 Å². The molecule has 1 amide bonds. The fourth-order valence-corrected chi connectivity index (χ4v) is 1.27. The fraction of sp³-hybridized carbons (Fsp3) is 0.167. The van der Waals surface area contributed by atoms with Gasteiger partial charge in [-0.15, -0.1) is 6.58 Å². The van der Waals surface area contributed by atoms with Gasteiger partial charge in [0, 0.05) is 5.56 Å². The first-order valence-corrected chi connectivity index (χ1v) is 5.05. The van der Waals surface area contributed by atoms with Gasteiger partial charge in [0.05, 0.1) is 0 Å². The van der Waals surface area contributed by atoms with Crippen LogP contribution >= 0.6 is 0 Å². The molecule has 6 heteroatoms. The summed E-state index contributed by atoms with van der Waals surface area (Å²) in [6.07, 6.45) is 1.37. The molecule has 4 nitrogen and oxygen atoms in total. The van der Waals surface area contributed by atoms with Crippen LogP contribution in [0, 0.1) is 11.6 Å². The molecule has 0 aromatic heterocycles. The van der Waals surface area contributed by atoms with E-state index in [2.05, 4.69) is 11.9 Å². The van der Waals surface area contributed by atoms with Crippen molar-refractivity contribution in [3.63, 3.8) is 0 Å². The van der Waals surface area contributed by atoms with Gasteiger partial charge in [0.25, 0.3) is 5.91 Å². The van der Waals surface area contributed by atoms with Crippen LogP contribution in [0.5, 0.6) is 0 Å². The van der Waals surface area contributed by atoms with Crippen molar-refractivity contribution >= 4 is 11.9 Å². The van der Waals surface area contributed by atoms with Crippen molar-refractivity contribution in [2.75, 3.05) is 0 Å². The molecule has 1 aromatic carbocycles. The number of amides is 1. The lowest BCUT2D eigenvalue weighted by molar-refractivity contribution is -0.139. The molecule has 1 aromatic rings.